The Kier molecular flexibility index (Phi) is 5.40. The van der Waals surface area contributed by atoms with Crippen LogP contribution >= 0.6 is 12.4 Å². The molecule has 2 aromatic carbocycles. The van der Waals surface area contributed by atoms with Gasteiger partial charge in [-0.15, -0.1) is 12.4 Å². The SMILES string of the molecule is Cl.O=c1oc2cc(N3CCNCC3)ccc2cc1-c1nc2cccc(C(F)(F)F)c2o1. The standard InChI is InChI=1S/C21H16F3N3O3.ClH/c22-21(23,24)15-2-1-3-16-18(15)30-19(26-16)14-10-12-4-5-13(11-17(12)29-20(14)28)27-8-6-25-7-9-27;/h1-5,10-11,25H,6-9H2;1H. The number of aromatic nitrogens is 1. The molecule has 1 N–H and O–H groups in total. The van der Waals surface area contributed by atoms with E-state index in [0.29, 0.717) is 11.0 Å². The molecule has 0 saturated carbocycles. The number of hydrogen-bond acceptors (Lipinski definition) is 6. The number of nitrogens with zero attached hydrogens (tertiary/aromatic N) is 2. The Morgan fingerprint density at radius 2 is 1.81 bits per heavy atom. The number of fused-ring (bicyclic) bond motifs is 2. The van der Waals surface area contributed by atoms with Gasteiger partial charge in [0.25, 0.3) is 0 Å². The summed E-state index contributed by atoms with van der Waals surface area (Å²) in [6.07, 6.45) is -4.59. The lowest BCUT2D eigenvalue weighted by atomic mass is 10.1. The molecule has 0 bridgehead atoms. The minimum absolute atomic E-state index is 0. The number of hydrogen-bond donors (Lipinski definition) is 1. The van der Waals surface area contributed by atoms with Crippen LogP contribution in [0.1, 0.15) is 5.56 Å². The van der Waals surface area contributed by atoms with E-state index in [0.717, 1.165) is 37.9 Å². The predicted molar refractivity (Wildman–Crippen MR) is 113 cm³/mol. The highest BCUT2D eigenvalue weighted by Crippen LogP contribution is 2.36. The number of anilines is 1. The lowest BCUT2D eigenvalue weighted by molar-refractivity contribution is -0.136. The number of benzene rings is 2. The smallest absolute Gasteiger partial charge is 0.420 e. The first-order chi connectivity index (χ1) is 14.4. The van der Waals surface area contributed by atoms with Crippen LogP contribution in [0.15, 0.2) is 56.1 Å². The largest absolute Gasteiger partial charge is 0.435 e. The maximum atomic E-state index is 13.2. The fourth-order valence-electron chi connectivity index (χ4n) is 3.66. The summed E-state index contributed by atoms with van der Waals surface area (Å²) in [4.78, 5) is 18.8. The minimum Gasteiger partial charge on any atom is -0.435 e. The molecule has 0 spiro atoms. The average molecular weight is 452 g/mol. The number of piperazine rings is 1. The third-order valence-electron chi connectivity index (χ3n) is 5.15. The van der Waals surface area contributed by atoms with Crippen molar-refractivity contribution in [1.82, 2.24) is 10.3 Å². The van der Waals surface area contributed by atoms with E-state index >= 15 is 0 Å². The van der Waals surface area contributed by atoms with Crippen LogP contribution in [-0.4, -0.2) is 31.2 Å². The Labute approximate surface area is 180 Å². The molecule has 4 aromatic rings. The quantitative estimate of drug-likeness (QED) is 0.454. The van der Waals surface area contributed by atoms with Gasteiger partial charge in [-0.05, 0) is 30.3 Å². The fourth-order valence-corrected chi connectivity index (χ4v) is 3.66. The first-order valence-electron chi connectivity index (χ1n) is 9.41. The molecule has 162 valence electrons. The number of alkyl halides is 3. The molecule has 5 rings (SSSR count). The molecule has 0 radical (unpaired) electrons. The Morgan fingerprint density at radius 3 is 2.55 bits per heavy atom. The van der Waals surface area contributed by atoms with E-state index in [-0.39, 0.29) is 29.4 Å². The van der Waals surface area contributed by atoms with Gasteiger partial charge in [0.1, 0.15) is 22.2 Å². The van der Waals surface area contributed by atoms with E-state index in [2.05, 4.69) is 15.2 Å². The average Bonchev–Trinajstić information content (AvgIpc) is 3.16. The predicted octanol–water partition coefficient (Wildman–Crippen LogP) is 4.45. The minimum atomic E-state index is -4.59. The third-order valence-corrected chi connectivity index (χ3v) is 5.15. The van der Waals surface area contributed by atoms with Gasteiger partial charge in [0, 0.05) is 43.3 Å². The first-order valence-corrected chi connectivity index (χ1v) is 9.41. The van der Waals surface area contributed by atoms with Crippen molar-refractivity contribution < 1.29 is 22.0 Å². The van der Waals surface area contributed by atoms with Crippen LogP contribution < -0.4 is 15.8 Å². The van der Waals surface area contributed by atoms with E-state index in [1.165, 1.54) is 18.2 Å². The maximum Gasteiger partial charge on any atom is 0.420 e. The number of para-hydroxylation sites is 1. The summed E-state index contributed by atoms with van der Waals surface area (Å²) in [7, 11) is 0. The zero-order valence-corrected chi connectivity index (χ0v) is 16.8. The lowest BCUT2D eigenvalue weighted by Crippen LogP contribution is -2.43. The van der Waals surface area contributed by atoms with Gasteiger partial charge in [0.2, 0.25) is 5.89 Å². The molecule has 3 heterocycles. The molecule has 0 aliphatic carbocycles. The van der Waals surface area contributed by atoms with Crippen molar-refractivity contribution in [3.63, 3.8) is 0 Å². The van der Waals surface area contributed by atoms with Crippen LogP contribution in [0.25, 0.3) is 33.5 Å². The van der Waals surface area contributed by atoms with Crippen LogP contribution in [-0.2, 0) is 6.18 Å². The zero-order chi connectivity index (χ0) is 20.9. The summed E-state index contributed by atoms with van der Waals surface area (Å²) in [5, 5.41) is 3.90. The van der Waals surface area contributed by atoms with Gasteiger partial charge < -0.3 is 19.1 Å². The van der Waals surface area contributed by atoms with Crippen molar-refractivity contribution in [2.75, 3.05) is 31.1 Å². The normalized spacial score (nSPS) is 14.7. The number of rotatable bonds is 2. The summed E-state index contributed by atoms with van der Waals surface area (Å²) in [5.41, 5.74) is -0.739. The van der Waals surface area contributed by atoms with E-state index in [1.807, 2.05) is 12.1 Å². The molecule has 0 amide bonds. The molecule has 1 fully saturated rings. The van der Waals surface area contributed by atoms with Crippen molar-refractivity contribution in [3.05, 3.63) is 58.4 Å². The second-order valence-electron chi connectivity index (χ2n) is 7.08. The Bertz CT molecular complexity index is 1310. The van der Waals surface area contributed by atoms with Crippen molar-refractivity contribution in [2.24, 2.45) is 0 Å². The highest BCUT2D eigenvalue weighted by Gasteiger charge is 2.35. The molecule has 0 atom stereocenters. The topological polar surface area (TPSA) is 71.5 Å². The first kappa shape index (κ1) is 21.2. The monoisotopic (exact) mass is 451 g/mol. The van der Waals surface area contributed by atoms with E-state index < -0.39 is 22.9 Å². The second-order valence-corrected chi connectivity index (χ2v) is 7.08. The number of nitrogens with one attached hydrogen (secondary N) is 1. The van der Waals surface area contributed by atoms with Crippen LogP contribution in [0.3, 0.4) is 0 Å². The van der Waals surface area contributed by atoms with Crippen molar-refractivity contribution >= 4 is 40.2 Å². The van der Waals surface area contributed by atoms with Crippen LogP contribution in [0, 0.1) is 0 Å². The van der Waals surface area contributed by atoms with Gasteiger partial charge in [-0.2, -0.15) is 13.2 Å². The highest BCUT2D eigenvalue weighted by atomic mass is 35.5. The molecule has 1 aliphatic heterocycles. The summed E-state index contributed by atoms with van der Waals surface area (Å²) in [6.45, 7) is 3.44. The molecule has 31 heavy (non-hydrogen) atoms. The number of oxazole rings is 1. The Balaban J connectivity index is 0.00000231. The van der Waals surface area contributed by atoms with Crippen LogP contribution in [0.4, 0.5) is 18.9 Å². The molecule has 1 saturated heterocycles. The molecular formula is C21H17ClF3N3O3. The Morgan fingerprint density at radius 1 is 1.03 bits per heavy atom. The lowest BCUT2D eigenvalue weighted by Gasteiger charge is -2.29. The summed E-state index contributed by atoms with van der Waals surface area (Å²) in [5.74, 6) is -0.205. The Hall–Kier alpha value is -3.04. The molecule has 1 aliphatic rings. The maximum absolute atomic E-state index is 13.2. The molecule has 10 heteroatoms. The van der Waals surface area contributed by atoms with Crippen molar-refractivity contribution in [2.45, 2.75) is 6.18 Å². The molecule has 2 aromatic heterocycles. The van der Waals surface area contributed by atoms with Gasteiger partial charge in [0.05, 0.1) is 0 Å². The summed E-state index contributed by atoms with van der Waals surface area (Å²) in [6, 6.07) is 10.6. The number of halogens is 4. The highest BCUT2D eigenvalue weighted by molar-refractivity contribution is 5.86. The van der Waals surface area contributed by atoms with Gasteiger partial charge in [-0.25, -0.2) is 9.78 Å². The van der Waals surface area contributed by atoms with Crippen LogP contribution in [0.2, 0.25) is 0 Å². The van der Waals surface area contributed by atoms with Gasteiger partial charge in [-0.1, -0.05) is 6.07 Å². The van der Waals surface area contributed by atoms with Crippen LogP contribution in [0.5, 0.6) is 0 Å². The molecule has 0 unspecified atom stereocenters. The van der Waals surface area contributed by atoms with E-state index in [1.54, 1.807) is 6.07 Å². The second kappa shape index (κ2) is 7.90. The van der Waals surface area contributed by atoms with Gasteiger partial charge >= 0.3 is 11.8 Å². The van der Waals surface area contributed by atoms with E-state index in [9.17, 15) is 18.0 Å². The molecular weight excluding hydrogens is 435 g/mol. The van der Waals surface area contributed by atoms with E-state index in [4.69, 9.17) is 8.83 Å². The zero-order valence-electron chi connectivity index (χ0n) is 16.0. The van der Waals surface area contributed by atoms with Crippen molar-refractivity contribution in [3.8, 4) is 11.5 Å². The summed E-state index contributed by atoms with van der Waals surface area (Å²) < 4.78 is 50.5. The molecule has 6 nitrogen and oxygen atoms in total. The third kappa shape index (κ3) is 3.86. The summed E-state index contributed by atoms with van der Waals surface area (Å²) >= 11 is 0. The fraction of sp³-hybridized carbons (Fsp3) is 0.238. The van der Waals surface area contributed by atoms with Gasteiger partial charge in [-0.3, -0.25) is 0 Å². The van der Waals surface area contributed by atoms with Gasteiger partial charge in [0.15, 0.2) is 5.58 Å². The van der Waals surface area contributed by atoms with Crippen molar-refractivity contribution in [1.29, 1.82) is 0 Å².